The molecular formula is C22H20FN3O5. The molecule has 0 saturated carbocycles. The summed E-state index contributed by atoms with van der Waals surface area (Å²) in [5.41, 5.74) is -0.193. The van der Waals surface area contributed by atoms with Crippen LogP contribution in [0.3, 0.4) is 0 Å². The minimum Gasteiger partial charge on any atom is -0.507 e. The number of ether oxygens (including phenoxy) is 1. The van der Waals surface area contributed by atoms with E-state index >= 15 is 0 Å². The molecule has 1 amide bonds. The number of aromatic nitrogens is 2. The van der Waals surface area contributed by atoms with Gasteiger partial charge in [0.2, 0.25) is 0 Å². The number of imidazole rings is 1. The van der Waals surface area contributed by atoms with Gasteiger partial charge in [0.1, 0.15) is 29.1 Å². The lowest BCUT2D eigenvalue weighted by molar-refractivity contribution is -0.140. The van der Waals surface area contributed by atoms with Crippen LogP contribution in [0.25, 0.3) is 5.76 Å². The van der Waals surface area contributed by atoms with Crippen LogP contribution in [0, 0.1) is 5.82 Å². The van der Waals surface area contributed by atoms with Gasteiger partial charge in [-0.05, 0) is 36.8 Å². The normalized spacial score (nSPS) is 18.0. The zero-order chi connectivity index (χ0) is 22.0. The van der Waals surface area contributed by atoms with Crippen LogP contribution in [0.5, 0.6) is 5.75 Å². The zero-order valence-corrected chi connectivity index (χ0v) is 16.7. The molecule has 0 spiro atoms. The number of hydrogen-bond donors (Lipinski definition) is 1. The molecule has 1 unspecified atom stereocenters. The average molecular weight is 425 g/mol. The number of Topliss-reactive ketones (excluding diaryl/α,β-unsaturated/α-hetero) is 1. The zero-order valence-electron chi connectivity index (χ0n) is 16.7. The molecule has 1 atom stereocenters. The summed E-state index contributed by atoms with van der Waals surface area (Å²) in [5, 5.41) is 11.0. The van der Waals surface area contributed by atoms with E-state index in [1.807, 2.05) is 4.57 Å². The van der Waals surface area contributed by atoms with Gasteiger partial charge in [0.15, 0.2) is 0 Å². The molecule has 2 aromatic heterocycles. The van der Waals surface area contributed by atoms with Crippen molar-refractivity contribution in [2.45, 2.75) is 19.0 Å². The predicted octanol–water partition coefficient (Wildman–Crippen LogP) is 3.14. The van der Waals surface area contributed by atoms with E-state index in [0.717, 1.165) is 6.07 Å². The largest absolute Gasteiger partial charge is 0.507 e. The lowest BCUT2D eigenvalue weighted by atomic mass is 9.98. The fourth-order valence-corrected chi connectivity index (χ4v) is 3.71. The summed E-state index contributed by atoms with van der Waals surface area (Å²) in [6.45, 7) is 0.830. The Morgan fingerprint density at radius 1 is 1.29 bits per heavy atom. The van der Waals surface area contributed by atoms with E-state index in [1.165, 1.54) is 30.4 Å². The topological polar surface area (TPSA) is 97.8 Å². The second-order valence-electron chi connectivity index (χ2n) is 7.01. The number of furan rings is 1. The highest BCUT2D eigenvalue weighted by Gasteiger charge is 2.47. The molecule has 1 N–H and O–H groups in total. The van der Waals surface area contributed by atoms with E-state index in [2.05, 4.69) is 4.98 Å². The first-order valence-electron chi connectivity index (χ1n) is 9.62. The number of rotatable bonds is 7. The van der Waals surface area contributed by atoms with Crippen molar-refractivity contribution >= 4 is 17.4 Å². The Bertz CT molecular complexity index is 1120. The Morgan fingerprint density at radius 3 is 2.81 bits per heavy atom. The predicted molar refractivity (Wildman–Crippen MR) is 108 cm³/mol. The summed E-state index contributed by atoms with van der Waals surface area (Å²) in [6, 6.07) is 5.88. The maximum Gasteiger partial charge on any atom is 0.295 e. The Hall–Kier alpha value is -3.88. The van der Waals surface area contributed by atoms with Crippen LogP contribution in [0.4, 0.5) is 4.39 Å². The molecule has 160 valence electrons. The second kappa shape index (κ2) is 8.47. The van der Waals surface area contributed by atoms with Gasteiger partial charge in [0.05, 0.1) is 30.8 Å². The molecule has 3 aromatic rings. The van der Waals surface area contributed by atoms with Crippen molar-refractivity contribution in [3.8, 4) is 5.75 Å². The van der Waals surface area contributed by atoms with Crippen molar-refractivity contribution in [3.05, 3.63) is 78.0 Å². The molecule has 4 rings (SSSR count). The molecule has 0 radical (unpaired) electrons. The Labute approximate surface area is 177 Å². The second-order valence-corrected chi connectivity index (χ2v) is 7.01. The number of hydrogen-bond acceptors (Lipinski definition) is 6. The molecule has 1 saturated heterocycles. The molecule has 0 aliphatic carbocycles. The van der Waals surface area contributed by atoms with Crippen molar-refractivity contribution < 1.29 is 28.2 Å². The molecule has 31 heavy (non-hydrogen) atoms. The van der Waals surface area contributed by atoms with Crippen LogP contribution in [0.1, 0.15) is 23.8 Å². The third kappa shape index (κ3) is 3.81. The van der Waals surface area contributed by atoms with Crippen molar-refractivity contribution in [1.82, 2.24) is 14.5 Å². The number of carbonyl (C=O) groups excluding carboxylic acids is 2. The first-order valence-corrected chi connectivity index (χ1v) is 9.62. The van der Waals surface area contributed by atoms with Gasteiger partial charge in [-0.25, -0.2) is 9.37 Å². The number of aryl methyl sites for hydroxylation is 1. The molecule has 3 heterocycles. The summed E-state index contributed by atoms with van der Waals surface area (Å²) in [6.07, 6.45) is 7.08. The molecule has 1 fully saturated rings. The molecule has 1 aliphatic rings. The quantitative estimate of drug-likeness (QED) is 0.355. The van der Waals surface area contributed by atoms with Crippen LogP contribution in [-0.2, 0) is 16.1 Å². The summed E-state index contributed by atoms with van der Waals surface area (Å²) >= 11 is 0. The van der Waals surface area contributed by atoms with Gasteiger partial charge < -0.3 is 23.7 Å². The molecule has 1 aliphatic heterocycles. The number of halogens is 1. The Morgan fingerprint density at radius 2 is 2.13 bits per heavy atom. The lowest BCUT2D eigenvalue weighted by Gasteiger charge is -2.23. The van der Waals surface area contributed by atoms with Crippen LogP contribution in [0.15, 0.2) is 65.3 Å². The molecule has 9 heteroatoms. The highest BCUT2D eigenvalue weighted by atomic mass is 19.1. The lowest BCUT2D eigenvalue weighted by Crippen LogP contribution is -2.31. The molecule has 8 nitrogen and oxygen atoms in total. The number of carbonyl (C=O) groups is 2. The van der Waals surface area contributed by atoms with Crippen LogP contribution in [0.2, 0.25) is 0 Å². The minimum atomic E-state index is -0.939. The number of aliphatic hydroxyl groups excluding tert-OH is 1. The SMILES string of the molecule is COc1ccc(F)cc1C(O)=C1C(=O)C(=O)N(CCCn2ccnc2)C1c1ccco1. The number of likely N-dealkylation sites (tertiary alicyclic amines) is 1. The number of benzene rings is 1. The number of methoxy groups -OCH3 is 1. The van der Waals surface area contributed by atoms with Crippen molar-refractivity contribution in [1.29, 1.82) is 0 Å². The van der Waals surface area contributed by atoms with E-state index in [0.29, 0.717) is 18.7 Å². The van der Waals surface area contributed by atoms with Gasteiger partial charge >= 0.3 is 0 Å². The van der Waals surface area contributed by atoms with Crippen molar-refractivity contribution in [2.75, 3.05) is 13.7 Å². The molecule has 1 aromatic carbocycles. The monoisotopic (exact) mass is 425 g/mol. The molecular weight excluding hydrogens is 405 g/mol. The maximum atomic E-state index is 13.9. The Kier molecular flexibility index (Phi) is 5.57. The van der Waals surface area contributed by atoms with E-state index in [-0.39, 0.29) is 23.4 Å². The van der Waals surface area contributed by atoms with Crippen molar-refractivity contribution in [2.24, 2.45) is 0 Å². The van der Waals surface area contributed by atoms with Gasteiger partial charge in [-0.2, -0.15) is 0 Å². The standard InChI is InChI=1S/C22H20FN3O5/c1-30-16-6-5-14(23)12-15(16)20(27)18-19(17-4-2-11-31-17)26(22(29)21(18)28)9-3-8-25-10-7-24-13-25/h2,4-7,10-13,19,27H,3,8-9H2,1H3. The van der Waals surface area contributed by atoms with Gasteiger partial charge in [-0.15, -0.1) is 0 Å². The highest BCUT2D eigenvalue weighted by Crippen LogP contribution is 2.41. The summed E-state index contributed by atoms with van der Waals surface area (Å²) in [5.74, 6) is -2.28. The van der Waals surface area contributed by atoms with Gasteiger partial charge in [-0.3, -0.25) is 9.59 Å². The van der Waals surface area contributed by atoms with Crippen LogP contribution in [-0.4, -0.2) is 44.9 Å². The third-order valence-electron chi connectivity index (χ3n) is 5.14. The summed E-state index contributed by atoms with van der Waals surface area (Å²) < 4.78 is 26.4. The fourth-order valence-electron chi connectivity index (χ4n) is 3.71. The van der Waals surface area contributed by atoms with Crippen LogP contribution >= 0.6 is 0 Å². The summed E-state index contributed by atoms with van der Waals surface area (Å²) in [7, 11) is 1.36. The minimum absolute atomic E-state index is 0.0181. The summed E-state index contributed by atoms with van der Waals surface area (Å²) in [4.78, 5) is 31.1. The number of ketones is 1. The van der Waals surface area contributed by atoms with E-state index in [9.17, 15) is 19.1 Å². The third-order valence-corrected chi connectivity index (χ3v) is 5.14. The van der Waals surface area contributed by atoms with Crippen LogP contribution < -0.4 is 4.74 Å². The first-order chi connectivity index (χ1) is 15.0. The number of nitrogens with zero attached hydrogens (tertiary/aromatic N) is 3. The fraction of sp³-hybridized carbons (Fsp3) is 0.227. The van der Waals surface area contributed by atoms with E-state index in [4.69, 9.17) is 9.15 Å². The smallest absolute Gasteiger partial charge is 0.295 e. The first kappa shape index (κ1) is 20.4. The van der Waals surface area contributed by atoms with E-state index in [1.54, 1.807) is 30.9 Å². The van der Waals surface area contributed by atoms with Gasteiger partial charge in [-0.1, -0.05) is 0 Å². The highest BCUT2D eigenvalue weighted by molar-refractivity contribution is 6.46. The average Bonchev–Trinajstić information content (AvgIpc) is 3.52. The Balaban J connectivity index is 1.74. The van der Waals surface area contributed by atoms with Gasteiger partial charge in [0, 0.05) is 25.5 Å². The maximum absolute atomic E-state index is 13.9. The number of aliphatic hydroxyl groups is 1. The number of amides is 1. The van der Waals surface area contributed by atoms with Gasteiger partial charge in [0.25, 0.3) is 11.7 Å². The van der Waals surface area contributed by atoms with E-state index < -0.39 is 29.3 Å². The molecule has 0 bridgehead atoms. The van der Waals surface area contributed by atoms with Crippen molar-refractivity contribution in [3.63, 3.8) is 0 Å².